The van der Waals surface area contributed by atoms with Gasteiger partial charge in [0.1, 0.15) is 6.04 Å². The van der Waals surface area contributed by atoms with Gasteiger partial charge in [0, 0.05) is 0 Å². The van der Waals surface area contributed by atoms with Crippen molar-refractivity contribution in [3.05, 3.63) is 23.8 Å². The number of rotatable bonds is 9. The third-order valence-corrected chi connectivity index (χ3v) is 2.91. The Labute approximate surface area is 121 Å². The quantitative estimate of drug-likeness (QED) is 0.702. The van der Waals surface area contributed by atoms with Crippen LogP contribution < -0.4 is 14.8 Å². The minimum Gasteiger partial charge on any atom is -0.490 e. The number of nitrogens with zero attached hydrogens (tertiary/aromatic N) is 1. The minimum atomic E-state index is -0.309. The van der Waals surface area contributed by atoms with E-state index >= 15 is 0 Å². The molecule has 0 bridgehead atoms. The Kier molecular flexibility index (Phi) is 7.52. The fourth-order valence-electron chi connectivity index (χ4n) is 1.91. The van der Waals surface area contributed by atoms with E-state index in [-0.39, 0.29) is 6.04 Å². The van der Waals surface area contributed by atoms with Crippen molar-refractivity contribution in [2.45, 2.75) is 39.7 Å². The fourth-order valence-corrected chi connectivity index (χ4v) is 1.91. The molecule has 0 aliphatic heterocycles. The first-order valence-corrected chi connectivity index (χ1v) is 7.29. The van der Waals surface area contributed by atoms with Crippen LogP contribution >= 0.6 is 0 Å². The highest BCUT2D eigenvalue weighted by atomic mass is 16.5. The molecule has 4 heteroatoms. The topological polar surface area (TPSA) is 54.3 Å². The molecule has 0 aliphatic rings. The van der Waals surface area contributed by atoms with Gasteiger partial charge in [-0.2, -0.15) is 5.26 Å². The zero-order valence-electron chi connectivity index (χ0n) is 12.6. The summed E-state index contributed by atoms with van der Waals surface area (Å²) in [6, 6.07) is 7.66. The van der Waals surface area contributed by atoms with Crippen LogP contribution in [-0.4, -0.2) is 19.8 Å². The second-order valence-corrected chi connectivity index (χ2v) is 4.44. The molecular weight excluding hydrogens is 252 g/mol. The number of hydrogen-bond donors (Lipinski definition) is 1. The minimum absolute atomic E-state index is 0.309. The van der Waals surface area contributed by atoms with Gasteiger partial charge in [-0.25, -0.2) is 0 Å². The molecule has 1 aromatic carbocycles. The lowest BCUT2D eigenvalue weighted by atomic mass is 10.1. The molecule has 0 aromatic heterocycles. The zero-order valence-corrected chi connectivity index (χ0v) is 12.6. The first-order valence-electron chi connectivity index (χ1n) is 7.29. The van der Waals surface area contributed by atoms with E-state index in [1.54, 1.807) is 0 Å². The van der Waals surface area contributed by atoms with Crippen LogP contribution in [0, 0.1) is 11.3 Å². The number of benzene rings is 1. The highest BCUT2D eigenvalue weighted by Gasteiger charge is 2.13. The molecule has 0 radical (unpaired) electrons. The molecule has 20 heavy (non-hydrogen) atoms. The lowest BCUT2D eigenvalue weighted by molar-refractivity contribution is 0.287. The third kappa shape index (κ3) is 4.75. The normalized spacial score (nSPS) is 11.7. The molecule has 0 fully saturated rings. The first-order chi connectivity index (χ1) is 9.76. The second-order valence-electron chi connectivity index (χ2n) is 4.44. The maximum absolute atomic E-state index is 9.29. The van der Waals surface area contributed by atoms with Crippen molar-refractivity contribution in [3.8, 4) is 17.6 Å². The predicted octanol–water partition coefficient (Wildman–Crippen LogP) is 3.44. The first kappa shape index (κ1) is 16.3. The standard InChI is InChI=1S/C16H24N2O2/c1-4-7-10-18-14(12-17)13-8-9-15(19-5-2)16(11-13)20-6-3/h8-9,11,14,18H,4-7,10H2,1-3H3. The van der Waals surface area contributed by atoms with E-state index < -0.39 is 0 Å². The van der Waals surface area contributed by atoms with Crippen molar-refractivity contribution in [3.63, 3.8) is 0 Å². The van der Waals surface area contributed by atoms with Crippen LogP contribution in [-0.2, 0) is 0 Å². The van der Waals surface area contributed by atoms with Gasteiger partial charge in [0.2, 0.25) is 0 Å². The Balaban J connectivity index is 2.87. The summed E-state index contributed by atoms with van der Waals surface area (Å²) in [6.07, 6.45) is 2.17. The van der Waals surface area contributed by atoms with Gasteiger partial charge in [0.05, 0.1) is 19.3 Å². The molecule has 0 heterocycles. The summed E-state index contributed by atoms with van der Waals surface area (Å²) in [6.45, 7) is 8.01. The largest absolute Gasteiger partial charge is 0.490 e. The lowest BCUT2D eigenvalue weighted by Crippen LogP contribution is -2.21. The Morgan fingerprint density at radius 1 is 1.15 bits per heavy atom. The molecule has 4 nitrogen and oxygen atoms in total. The molecule has 0 aliphatic carbocycles. The molecule has 0 saturated carbocycles. The molecule has 1 aromatic rings. The van der Waals surface area contributed by atoms with Crippen LogP contribution in [0.15, 0.2) is 18.2 Å². The van der Waals surface area contributed by atoms with E-state index in [1.807, 2.05) is 32.0 Å². The van der Waals surface area contributed by atoms with Crippen LogP contribution in [0.2, 0.25) is 0 Å². The van der Waals surface area contributed by atoms with Crippen molar-refractivity contribution in [2.75, 3.05) is 19.8 Å². The van der Waals surface area contributed by atoms with Crippen LogP contribution in [0.4, 0.5) is 0 Å². The van der Waals surface area contributed by atoms with Gasteiger partial charge >= 0.3 is 0 Å². The molecule has 1 N–H and O–H groups in total. The van der Waals surface area contributed by atoms with Crippen LogP contribution in [0.25, 0.3) is 0 Å². The number of ether oxygens (including phenoxy) is 2. The molecule has 1 rings (SSSR count). The van der Waals surface area contributed by atoms with Gasteiger partial charge < -0.3 is 9.47 Å². The lowest BCUT2D eigenvalue weighted by Gasteiger charge is -2.15. The molecule has 0 saturated heterocycles. The van der Waals surface area contributed by atoms with Gasteiger partial charge in [0.15, 0.2) is 11.5 Å². The van der Waals surface area contributed by atoms with Gasteiger partial charge in [-0.1, -0.05) is 19.4 Å². The summed E-state index contributed by atoms with van der Waals surface area (Å²) in [7, 11) is 0. The maximum Gasteiger partial charge on any atom is 0.161 e. The van der Waals surface area contributed by atoms with E-state index in [4.69, 9.17) is 9.47 Å². The highest BCUT2D eigenvalue weighted by Crippen LogP contribution is 2.30. The van der Waals surface area contributed by atoms with Crippen molar-refractivity contribution in [2.24, 2.45) is 0 Å². The highest BCUT2D eigenvalue weighted by molar-refractivity contribution is 5.44. The molecule has 0 amide bonds. The van der Waals surface area contributed by atoms with Gasteiger partial charge in [-0.3, -0.25) is 5.32 Å². The Morgan fingerprint density at radius 3 is 2.45 bits per heavy atom. The van der Waals surface area contributed by atoms with E-state index in [2.05, 4.69) is 18.3 Å². The smallest absolute Gasteiger partial charge is 0.161 e. The fraction of sp³-hybridized carbons (Fsp3) is 0.562. The summed E-state index contributed by atoms with van der Waals surface area (Å²) >= 11 is 0. The second kappa shape index (κ2) is 9.22. The SMILES string of the molecule is CCCCNC(C#N)c1ccc(OCC)c(OCC)c1. The number of hydrogen-bond acceptors (Lipinski definition) is 4. The van der Waals surface area contributed by atoms with E-state index in [1.165, 1.54) is 0 Å². The number of nitriles is 1. The average Bonchev–Trinajstić information content (AvgIpc) is 2.46. The summed E-state index contributed by atoms with van der Waals surface area (Å²) in [5, 5.41) is 12.5. The third-order valence-electron chi connectivity index (χ3n) is 2.91. The van der Waals surface area contributed by atoms with Crippen LogP contribution in [0.1, 0.15) is 45.2 Å². The van der Waals surface area contributed by atoms with Crippen molar-refractivity contribution < 1.29 is 9.47 Å². The van der Waals surface area contributed by atoms with Crippen LogP contribution in [0.3, 0.4) is 0 Å². The monoisotopic (exact) mass is 276 g/mol. The molecular formula is C16H24N2O2. The van der Waals surface area contributed by atoms with E-state index in [9.17, 15) is 5.26 Å². The maximum atomic E-state index is 9.29. The Hall–Kier alpha value is -1.73. The van der Waals surface area contributed by atoms with E-state index in [0.717, 1.165) is 30.7 Å². The molecule has 1 atom stereocenters. The molecule has 110 valence electrons. The summed E-state index contributed by atoms with van der Waals surface area (Å²) in [5.41, 5.74) is 0.913. The van der Waals surface area contributed by atoms with Crippen molar-refractivity contribution in [1.29, 1.82) is 5.26 Å². The van der Waals surface area contributed by atoms with Gasteiger partial charge in [0.25, 0.3) is 0 Å². The summed E-state index contributed by atoms with van der Waals surface area (Å²) in [4.78, 5) is 0. The van der Waals surface area contributed by atoms with Crippen LogP contribution in [0.5, 0.6) is 11.5 Å². The zero-order chi connectivity index (χ0) is 14.8. The van der Waals surface area contributed by atoms with E-state index in [0.29, 0.717) is 19.0 Å². The average molecular weight is 276 g/mol. The molecule has 1 unspecified atom stereocenters. The summed E-state index contributed by atoms with van der Waals surface area (Å²) < 4.78 is 11.1. The van der Waals surface area contributed by atoms with Crippen molar-refractivity contribution >= 4 is 0 Å². The van der Waals surface area contributed by atoms with Crippen molar-refractivity contribution in [1.82, 2.24) is 5.32 Å². The molecule has 0 spiro atoms. The Bertz CT molecular complexity index is 441. The number of unbranched alkanes of at least 4 members (excludes halogenated alkanes) is 1. The van der Waals surface area contributed by atoms with Gasteiger partial charge in [-0.15, -0.1) is 0 Å². The Morgan fingerprint density at radius 2 is 1.85 bits per heavy atom. The predicted molar refractivity (Wildman–Crippen MR) is 80.0 cm³/mol. The van der Waals surface area contributed by atoms with Gasteiger partial charge in [-0.05, 0) is 44.5 Å². The summed E-state index contributed by atoms with van der Waals surface area (Å²) in [5.74, 6) is 1.42. The number of nitrogens with one attached hydrogen (secondary N) is 1.